The van der Waals surface area contributed by atoms with Gasteiger partial charge in [0.25, 0.3) is 0 Å². The van der Waals surface area contributed by atoms with Gasteiger partial charge in [-0.1, -0.05) is 42.4 Å². The largest absolute Gasteiger partial charge is 0.507 e. The average molecular weight is 461 g/mol. The van der Waals surface area contributed by atoms with Crippen molar-refractivity contribution in [1.82, 2.24) is 0 Å². The number of phenols is 1. The fourth-order valence-electron chi connectivity index (χ4n) is 6.54. The number of benzene rings is 1. The Kier molecular flexibility index (Phi) is 5.50. The number of hydrogen-bond donors (Lipinski definition) is 1. The molecule has 4 aliphatic carbocycles. The van der Waals surface area contributed by atoms with E-state index < -0.39 is 52.6 Å². The minimum absolute atomic E-state index is 0.0176. The van der Waals surface area contributed by atoms with Crippen LogP contribution in [0.5, 0.6) is 5.75 Å². The number of carbonyl (C=O) groups excluding carboxylic acids is 5. The Balaban J connectivity index is 1.46. The summed E-state index contributed by atoms with van der Waals surface area (Å²) in [7, 11) is 0. The van der Waals surface area contributed by atoms with Gasteiger partial charge in [-0.3, -0.25) is 24.0 Å². The summed E-state index contributed by atoms with van der Waals surface area (Å²) in [6.45, 7) is 3.28. The van der Waals surface area contributed by atoms with E-state index in [9.17, 15) is 29.1 Å². The second-order valence-corrected chi connectivity index (χ2v) is 10.2. The quantitative estimate of drug-likeness (QED) is 0.689. The van der Waals surface area contributed by atoms with Crippen molar-refractivity contribution in [2.45, 2.75) is 52.4 Å². The number of carbonyl (C=O) groups is 5. The molecule has 5 atom stereocenters. The molecule has 0 saturated heterocycles. The predicted molar refractivity (Wildman–Crippen MR) is 123 cm³/mol. The summed E-state index contributed by atoms with van der Waals surface area (Å²) >= 11 is 0. The molecule has 0 radical (unpaired) electrons. The van der Waals surface area contributed by atoms with Gasteiger partial charge in [-0.2, -0.15) is 0 Å². The van der Waals surface area contributed by atoms with Crippen LogP contribution in [0.25, 0.3) is 0 Å². The highest BCUT2D eigenvalue weighted by atomic mass is 16.3. The van der Waals surface area contributed by atoms with E-state index in [-0.39, 0.29) is 23.7 Å². The molecule has 1 aromatic rings. The fraction of sp³-hybridized carbons (Fsp3) is 0.464. The zero-order chi connectivity index (χ0) is 24.3. The summed E-state index contributed by atoms with van der Waals surface area (Å²) in [4.78, 5) is 64.4. The Hall–Kier alpha value is -3.15. The van der Waals surface area contributed by atoms with Crippen LogP contribution in [0, 0.1) is 29.6 Å². The first kappa shape index (κ1) is 22.6. The van der Waals surface area contributed by atoms with Gasteiger partial charge in [0.1, 0.15) is 17.5 Å². The highest BCUT2D eigenvalue weighted by molar-refractivity contribution is 6.27. The Morgan fingerprint density at radius 1 is 1.03 bits per heavy atom. The maximum Gasteiger partial charge on any atom is 0.177 e. The number of allylic oxidation sites excluding steroid dienone is 4. The van der Waals surface area contributed by atoms with Gasteiger partial charge in [-0.25, -0.2) is 0 Å². The van der Waals surface area contributed by atoms with Crippen LogP contribution in [0.2, 0.25) is 0 Å². The van der Waals surface area contributed by atoms with E-state index in [1.807, 2.05) is 12.1 Å². The van der Waals surface area contributed by atoms with Gasteiger partial charge in [-0.05, 0) is 62.0 Å². The Morgan fingerprint density at radius 3 is 2.44 bits per heavy atom. The highest BCUT2D eigenvalue weighted by Crippen LogP contribution is 2.48. The minimum atomic E-state index is -1.39. The van der Waals surface area contributed by atoms with E-state index in [2.05, 4.69) is 19.1 Å². The lowest BCUT2D eigenvalue weighted by atomic mass is 9.56. The Labute approximate surface area is 198 Å². The van der Waals surface area contributed by atoms with Crippen LogP contribution in [0.3, 0.4) is 0 Å². The third kappa shape index (κ3) is 3.42. The van der Waals surface area contributed by atoms with Crippen LogP contribution in [0.15, 0.2) is 35.4 Å². The number of hydrogen-bond acceptors (Lipinski definition) is 6. The average Bonchev–Trinajstić information content (AvgIpc) is 3.22. The SMILES string of the molecule is CCC1=CCC(Cc2ccc3c(c2O)C(=O)C2C(=O)C4C(=O)C(C(C)=O)C(=O)CC4CC2C3)=C1. The van der Waals surface area contributed by atoms with Crippen LogP contribution in [-0.2, 0) is 32.0 Å². The van der Waals surface area contributed by atoms with Gasteiger partial charge < -0.3 is 5.11 Å². The molecular weight excluding hydrogens is 432 g/mol. The van der Waals surface area contributed by atoms with Crippen molar-refractivity contribution in [1.29, 1.82) is 0 Å². The topological polar surface area (TPSA) is 106 Å². The maximum absolute atomic E-state index is 13.6. The molecule has 34 heavy (non-hydrogen) atoms. The first-order chi connectivity index (χ1) is 16.2. The number of fused-ring (bicyclic) bond motifs is 3. The molecule has 0 bridgehead atoms. The van der Waals surface area contributed by atoms with Gasteiger partial charge in [0.2, 0.25) is 0 Å². The van der Waals surface area contributed by atoms with Crippen LogP contribution in [-0.4, -0.2) is 34.0 Å². The lowest BCUT2D eigenvalue weighted by Gasteiger charge is -2.44. The summed E-state index contributed by atoms with van der Waals surface area (Å²) in [6.07, 6.45) is 7.45. The van der Waals surface area contributed by atoms with Gasteiger partial charge >= 0.3 is 0 Å². The van der Waals surface area contributed by atoms with E-state index in [1.54, 1.807) is 0 Å². The van der Waals surface area contributed by atoms with Crippen molar-refractivity contribution in [3.63, 3.8) is 0 Å². The van der Waals surface area contributed by atoms with E-state index in [4.69, 9.17) is 0 Å². The molecule has 4 aliphatic rings. The molecule has 5 rings (SSSR count). The summed E-state index contributed by atoms with van der Waals surface area (Å²) in [5.41, 5.74) is 3.97. The first-order valence-electron chi connectivity index (χ1n) is 12.1. The third-order valence-electron chi connectivity index (χ3n) is 8.14. The summed E-state index contributed by atoms with van der Waals surface area (Å²) < 4.78 is 0. The number of rotatable bonds is 4. The molecule has 2 saturated carbocycles. The lowest BCUT2D eigenvalue weighted by Crippen LogP contribution is -2.55. The number of Topliss-reactive ketones (excluding diaryl/α,β-unsaturated/α-hetero) is 5. The van der Waals surface area contributed by atoms with Crippen molar-refractivity contribution in [3.05, 3.63) is 52.1 Å². The molecule has 1 N–H and O–H groups in total. The number of phenolic OH excluding ortho intramolecular Hbond substituents is 1. The molecule has 6 nitrogen and oxygen atoms in total. The van der Waals surface area contributed by atoms with Crippen molar-refractivity contribution >= 4 is 28.9 Å². The zero-order valence-corrected chi connectivity index (χ0v) is 19.4. The second-order valence-electron chi connectivity index (χ2n) is 10.2. The van der Waals surface area contributed by atoms with Gasteiger partial charge in [0, 0.05) is 6.42 Å². The maximum atomic E-state index is 13.6. The number of aromatic hydroxyl groups is 1. The standard InChI is InChI=1S/C28H28O6/c1-3-14-4-5-15(8-14)9-17-7-6-16-10-18-11-19-12-20(30)21(13(2)29)26(32)24(19)28(34)23(18)27(33)22(16)25(17)31/h4,6-8,18-19,21,23-24,31H,3,5,9-12H2,1-2H3. The molecule has 0 aliphatic heterocycles. The summed E-state index contributed by atoms with van der Waals surface area (Å²) in [6, 6.07) is 3.72. The van der Waals surface area contributed by atoms with Crippen LogP contribution >= 0.6 is 0 Å². The monoisotopic (exact) mass is 460 g/mol. The van der Waals surface area contributed by atoms with Crippen molar-refractivity contribution in [2.75, 3.05) is 0 Å². The van der Waals surface area contributed by atoms with Gasteiger partial charge in [0.15, 0.2) is 23.1 Å². The number of ketones is 5. The van der Waals surface area contributed by atoms with Crippen molar-refractivity contribution in [2.24, 2.45) is 29.6 Å². The lowest BCUT2D eigenvalue weighted by molar-refractivity contribution is -0.152. The molecule has 176 valence electrons. The molecule has 0 aromatic heterocycles. The van der Waals surface area contributed by atoms with Crippen LogP contribution < -0.4 is 0 Å². The van der Waals surface area contributed by atoms with E-state index in [0.29, 0.717) is 30.4 Å². The molecule has 2 fully saturated rings. The normalized spacial score (nSPS) is 30.4. The molecule has 0 spiro atoms. The second kappa shape index (κ2) is 8.26. The Morgan fingerprint density at radius 2 is 1.76 bits per heavy atom. The fourth-order valence-corrected chi connectivity index (χ4v) is 6.54. The van der Waals surface area contributed by atoms with Gasteiger partial charge in [0.05, 0.1) is 17.4 Å². The summed E-state index contributed by atoms with van der Waals surface area (Å²) in [5.74, 6) is -6.88. The van der Waals surface area contributed by atoms with E-state index in [0.717, 1.165) is 18.4 Å². The van der Waals surface area contributed by atoms with Crippen molar-refractivity contribution in [3.8, 4) is 5.75 Å². The first-order valence-corrected chi connectivity index (χ1v) is 12.1. The molecule has 6 heteroatoms. The van der Waals surface area contributed by atoms with Crippen molar-refractivity contribution < 1.29 is 29.1 Å². The van der Waals surface area contributed by atoms with E-state index in [1.165, 1.54) is 12.5 Å². The summed E-state index contributed by atoms with van der Waals surface area (Å²) in [5, 5.41) is 11.1. The molecule has 1 aromatic carbocycles. The molecule has 0 heterocycles. The Bertz CT molecular complexity index is 1220. The zero-order valence-electron chi connectivity index (χ0n) is 19.4. The van der Waals surface area contributed by atoms with Crippen LogP contribution in [0.4, 0.5) is 0 Å². The molecule has 0 amide bonds. The minimum Gasteiger partial charge on any atom is -0.507 e. The molecular formula is C28H28O6. The van der Waals surface area contributed by atoms with Crippen LogP contribution in [0.1, 0.15) is 61.0 Å². The highest BCUT2D eigenvalue weighted by Gasteiger charge is 2.57. The third-order valence-corrected chi connectivity index (χ3v) is 8.14. The van der Waals surface area contributed by atoms with Gasteiger partial charge in [-0.15, -0.1) is 0 Å². The molecule has 5 unspecified atom stereocenters. The smallest absolute Gasteiger partial charge is 0.177 e. The predicted octanol–water partition coefficient (Wildman–Crippen LogP) is 3.52. The van der Waals surface area contributed by atoms with E-state index >= 15 is 0 Å².